The molecule has 24 heavy (non-hydrogen) atoms. The van der Waals surface area contributed by atoms with Crippen LogP contribution < -0.4 is 10.5 Å². The zero-order valence-electron chi connectivity index (χ0n) is 13.4. The number of aliphatic hydroxyl groups is 2. The number of ether oxygens (including phenoxy) is 2. The number of imidazole rings is 1. The smallest absolute Gasteiger partial charge is 0.247 e. The molecule has 3 heterocycles. The van der Waals surface area contributed by atoms with Gasteiger partial charge in [-0.2, -0.15) is 9.97 Å². The first-order valence-electron chi connectivity index (χ1n) is 7.68. The molecule has 130 valence electrons. The van der Waals surface area contributed by atoms with Gasteiger partial charge in [-0.25, -0.2) is 4.98 Å². The minimum atomic E-state index is -1.18. The Balaban J connectivity index is 2.00. The molecule has 0 aromatic carbocycles. The molecule has 1 aliphatic rings. The Bertz CT molecular complexity index is 745. The van der Waals surface area contributed by atoms with Crippen LogP contribution in [0.5, 0.6) is 5.88 Å². The quantitative estimate of drug-likeness (QED) is 0.511. The first-order valence-corrected chi connectivity index (χ1v) is 7.68. The summed E-state index contributed by atoms with van der Waals surface area (Å²) < 4.78 is 12.9. The van der Waals surface area contributed by atoms with Crippen LogP contribution in [0.3, 0.4) is 0 Å². The van der Waals surface area contributed by atoms with Gasteiger partial charge in [0.2, 0.25) is 11.8 Å². The molecule has 9 nitrogen and oxygen atoms in total. The van der Waals surface area contributed by atoms with Crippen LogP contribution in [0.2, 0.25) is 0 Å². The maximum absolute atomic E-state index is 10.6. The van der Waals surface area contributed by atoms with Gasteiger partial charge in [0.1, 0.15) is 5.60 Å². The Hall–Kier alpha value is -2.23. The van der Waals surface area contributed by atoms with Crippen molar-refractivity contribution < 1.29 is 19.7 Å². The molecule has 2 unspecified atom stereocenters. The van der Waals surface area contributed by atoms with E-state index in [4.69, 9.17) is 15.2 Å². The maximum Gasteiger partial charge on any atom is 0.247 e. The lowest BCUT2D eigenvalue weighted by Gasteiger charge is -2.24. The molecule has 4 N–H and O–H groups in total. The predicted octanol–water partition coefficient (Wildman–Crippen LogP) is 0.394. The van der Waals surface area contributed by atoms with Crippen molar-refractivity contribution in [2.45, 2.75) is 37.7 Å². The van der Waals surface area contributed by atoms with E-state index in [1.807, 2.05) is 0 Å². The molecule has 0 bridgehead atoms. The van der Waals surface area contributed by atoms with Crippen molar-refractivity contribution in [2.75, 3.05) is 18.9 Å². The van der Waals surface area contributed by atoms with E-state index < -0.39 is 17.9 Å². The summed E-state index contributed by atoms with van der Waals surface area (Å²) in [4.78, 5) is 12.5. The summed E-state index contributed by atoms with van der Waals surface area (Å²) in [5.41, 5.74) is 5.43. The van der Waals surface area contributed by atoms with Crippen LogP contribution in [0.25, 0.3) is 11.2 Å². The highest BCUT2D eigenvalue weighted by atomic mass is 16.5. The summed E-state index contributed by atoms with van der Waals surface area (Å²) in [6.07, 6.45) is 3.00. The van der Waals surface area contributed by atoms with E-state index >= 15 is 0 Å². The molecule has 3 atom stereocenters. The Morgan fingerprint density at radius 3 is 3.04 bits per heavy atom. The van der Waals surface area contributed by atoms with E-state index in [9.17, 15) is 10.2 Å². The van der Waals surface area contributed by atoms with Crippen LogP contribution in [0.15, 0.2) is 19.0 Å². The number of rotatable bonds is 6. The van der Waals surface area contributed by atoms with Crippen molar-refractivity contribution in [3.63, 3.8) is 0 Å². The van der Waals surface area contributed by atoms with Crippen molar-refractivity contribution in [2.24, 2.45) is 0 Å². The van der Waals surface area contributed by atoms with Crippen LogP contribution in [0.4, 0.5) is 5.95 Å². The molecule has 9 heteroatoms. The molecule has 2 aromatic rings. The van der Waals surface area contributed by atoms with Gasteiger partial charge in [-0.05, 0) is 13.3 Å². The summed E-state index contributed by atoms with van der Waals surface area (Å²) in [5.74, 6) is 0.309. The lowest BCUT2D eigenvalue weighted by Crippen LogP contribution is -2.31. The largest absolute Gasteiger partial charge is 0.476 e. The maximum atomic E-state index is 10.6. The minimum Gasteiger partial charge on any atom is -0.476 e. The molecule has 3 rings (SSSR count). The Morgan fingerprint density at radius 1 is 1.58 bits per heavy atom. The predicted molar refractivity (Wildman–Crippen MR) is 86.3 cm³/mol. The fraction of sp³-hybridized carbons (Fsp3) is 0.533. The van der Waals surface area contributed by atoms with Crippen molar-refractivity contribution in [1.29, 1.82) is 0 Å². The highest BCUT2D eigenvalue weighted by molar-refractivity contribution is 5.77. The van der Waals surface area contributed by atoms with Crippen LogP contribution >= 0.6 is 0 Å². The first kappa shape index (κ1) is 16.6. The molecule has 1 fully saturated rings. The van der Waals surface area contributed by atoms with Crippen molar-refractivity contribution in [3.05, 3.63) is 19.0 Å². The van der Waals surface area contributed by atoms with E-state index in [1.165, 1.54) is 6.33 Å². The molecule has 2 aromatic heterocycles. The van der Waals surface area contributed by atoms with Gasteiger partial charge in [0.05, 0.1) is 25.6 Å². The van der Waals surface area contributed by atoms with E-state index in [0.717, 1.165) is 0 Å². The Labute approximate surface area is 138 Å². The summed E-state index contributed by atoms with van der Waals surface area (Å²) in [7, 11) is 0. The first-order chi connectivity index (χ1) is 11.5. The lowest BCUT2D eigenvalue weighted by atomic mass is 10.0. The van der Waals surface area contributed by atoms with Gasteiger partial charge in [0, 0.05) is 6.42 Å². The number of anilines is 1. The Morgan fingerprint density at radius 2 is 2.38 bits per heavy atom. The third-order valence-corrected chi connectivity index (χ3v) is 3.92. The van der Waals surface area contributed by atoms with Gasteiger partial charge >= 0.3 is 0 Å². The van der Waals surface area contributed by atoms with Crippen molar-refractivity contribution >= 4 is 17.1 Å². The number of fused-ring (bicyclic) bond motifs is 1. The van der Waals surface area contributed by atoms with Crippen LogP contribution in [-0.2, 0) is 4.74 Å². The molecule has 1 aliphatic heterocycles. The highest BCUT2D eigenvalue weighted by Gasteiger charge is 2.45. The minimum absolute atomic E-state index is 0.0363. The number of aliphatic hydroxyl groups excluding tert-OH is 1. The topological polar surface area (TPSA) is 129 Å². The summed E-state index contributed by atoms with van der Waals surface area (Å²) in [6, 6.07) is 0. The number of nitrogens with two attached hydrogens (primary N) is 1. The molecular weight excluding hydrogens is 314 g/mol. The Kier molecular flexibility index (Phi) is 4.39. The van der Waals surface area contributed by atoms with E-state index in [1.54, 1.807) is 17.6 Å². The monoisotopic (exact) mass is 335 g/mol. The number of hydrogen-bond donors (Lipinski definition) is 3. The summed E-state index contributed by atoms with van der Waals surface area (Å²) >= 11 is 0. The number of aromatic nitrogens is 4. The molecule has 0 amide bonds. The zero-order chi connectivity index (χ0) is 17.3. The third-order valence-electron chi connectivity index (χ3n) is 3.92. The third kappa shape index (κ3) is 2.93. The number of nitrogen functional groups attached to an aromatic ring is 1. The summed E-state index contributed by atoms with van der Waals surface area (Å²) in [5, 5.41) is 19.9. The standard InChI is InChI=1S/C15H21N5O4/c1-3-4-5-23-12-10-11(18-14(16)19-12)20(8-17-10)13-15(2,22)6-9(7-21)24-13/h3,8-9,13,21-22H,1,4-7H2,2H3,(H2,16,18,19)/t9?,13?,15-/m1/s1. The lowest BCUT2D eigenvalue weighted by molar-refractivity contribution is -0.0854. The van der Waals surface area contributed by atoms with Gasteiger partial charge in [-0.1, -0.05) is 6.08 Å². The summed E-state index contributed by atoms with van der Waals surface area (Å²) in [6.45, 7) is 5.50. The number of hydrogen-bond acceptors (Lipinski definition) is 8. The van der Waals surface area contributed by atoms with E-state index in [0.29, 0.717) is 30.6 Å². The van der Waals surface area contributed by atoms with Gasteiger partial charge in [-0.3, -0.25) is 4.57 Å². The molecule has 0 aliphatic carbocycles. The molecule has 0 saturated carbocycles. The van der Waals surface area contributed by atoms with E-state index in [2.05, 4.69) is 21.5 Å². The van der Waals surface area contributed by atoms with Crippen molar-refractivity contribution in [3.8, 4) is 5.88 Å². The SMILES string of the molecule is C=CCCOc1nc(N)nc2c1ncn2C1OC(CO)C[C@@]1(C)O. The fourth-order valence-corrected chi connectivity index (χ4v) is 2.83. The second kappa shape index (κ2) is 6.34. The molecule has 0 radical (unpaired) electrons. The van der Waals surface area contributed by atoms with E-state index in [-0.39, 0.29) is 18.4 Å². The van der Waals surface area contributed by atoms with Gasteiger partial charge < -0.3 is 25.4 Å². The average Bonchev–Trinajstić information content (AvgIpc) is 3.07. The van der Waals surface area contributed by atoms with Gasteiger partial charge in [-0.15, -0.1) is 6.58 Å². The fourth-order valence-electron chi connectivity index (χ4n) is 2.83. The molecule has 1 saturated heterocycles. The molecular formula is C15H21N5O4. The van der Waals surface area contributed by atoms with Gasteiger partial charge in [0.25, 0.3) is 0 Å². The number of nitrogens with zero attached hydrogens (tertiary/aromatic N) is 4. The van der Waals surface area contributed by atoms with Gasteiger partial charge in [0.15, 0.2) is 17.4 Å². The van der Waals surface area contributed by atoms with Crippen LogP contribution in [0, 0.1) is 0 Å². The van der Waals surface area contributed by atoms with Crippen LogP contribution in [-0.4, -0.2) is 54.7 Å². The second-order valence-corrected chi connectivity index (χ2v) is 5.99. The highest BCUT2D eigenvalue weighted by Crippen LogP contribution is 2.39. The average molecular weight is 335 g/mol. The molecule has 0 spiro atoms. The second-order valence-electron chi connectivity index (χ2n) is 5.99. The van der Waals surface area contributed by atoms with Crippen molar-refractivity contribution in [1.82, 2.24) is 19.5 Å². The van der Waals surface area contributed by atoms with Crippen LogP contribution in [0.1, 0.15) is 26.0 Å². The zero-order valence-corrected chi connectivity index (χ0v) is 13.4. The normalized spacial score (nSPS) is 26.8.